The van der Waals surface area contributed by atoms with E-state index in [-0.39, 0.29) is 0 Å². The molecular formula is C13H17N5O. The van der Waals surface area contributed by atoms with Gasteiger partial charge < -0.3 is 10.1 Å². The van der Waals surface area contributed by atoms with Gasteiger partial charge >= 0.3 is 0 Å². The Kier molecular flexibility index (Phi) is 3.41. The normalized spacial score (nSPS) is 16.5. The molecule has 6 heteroatoms. The van der Waals surface area contributed by atoms with Gasteiger partial charge in [-0.15, -0.1) is 5.10 Å². The Morgan fingerprint density at radius 1 is 1.26 bits per heavy atom. The number of aromatic nitrogens is 4. The first-order chi connectivity index (χ1) is 9.40. The molecule has 1 N–H and O–H groups in total. The summed E-state index contributed by atoms with van der Waals surface area (Å²) >= 11 is 0. The van der Waals surface area contributed by atoms with Crippen LogP contribution in [0.1, 0.15) is 18.9 Å². The van der Waals surface area contributed by atoms with Crippen LogP contribution in [0.5, 0.6) is 5.75 Å². The van der Waals surface area contributed by atoms with Crippen molar-refractivity contribution in [1.82, 2.24) is 25.5 Å². The van der Waals surface area contributed by atoms with Crippen LogP contribution in [-0.2, 0) is 0 Å². The highest BCUT2D eigenvalue weighted by Gasteiger charge is 2.22. The van der Waals surface area contributed by atoms with Crippen molar-refractivity contribution < 1.29 is 4.74 Å². The van der Waals surface area contributed by atoms with Crippen molar-refractivity contribution in [2.75, 3.05) is 20.2 Å². The minimum Gasteiger partial charge on any atom is -0.496 e. The summed E-state index contributed by atoms with van der Waals surface area (Å²) in [5.41, 5.74) is 0.938. The van der Waals surface area contributed by atoms with E-state index in [2.05, 4.69) is 20.8 Å². The lowest BCUT2D eigenvalue weighted by atomic mass is 10.1. The second-order valence-corrected chi connectivity index (χ2v) is 4.63. The highest BCUT2D eigenvalue weighted by molar-refractivity contribution is 5.63. The first-order valence-corrected chi connectivity index (χ1v) is 6.52. The SMILES string of the molecule is COc1ccccc1-c1nnnn1C1CCNCC1. The van der Waals surface area contributed by atoms with Crippen LogP contribution in [0, 0.1) is 0 Å². The second kappa shape index (κ2) is 5.36. The molecule has 0 bridgehead atoms. The number of nitrogens with one attached hydrogen (secondary N) is 1. The standard InChI is InChI=1S/C13H17N5O/c1-19-12-5-3-2-4-11(12)13-15-16-17-18(13)10-6-8-14-9-7-10/h2-5,10,14H,6-9H2,1H3. The van der Waals surface area contributed by atoms with Crippen LogP contribution >= 0.6 is 0 Å². The van der Waals surface area contributed by atoms with Crippen LogP contribution in [0.4, 0.5) is 0 Å². The molecule has 2 aromatic rings. The molecule has 0 radical (unpaired) electrons. The monoisotopic (exact) mass is 259 g/mol. The van der Waals surface area contributed by atoms with Crippen molar-refractivity contribution in [3.05, 3.63) is 24.3 Å². The molecule has 0 spiro atoms. The minimum atomic E-state index is 0.358. The zero-order valence-electron chi connectivity index (χ0n) is 10.9. The molecule has 0 amide bonds. The third-order valence-electron chi connectivity index (χ3n) is 3.50. The van der Waals surface area contributed by atoms with Gasteiger partial charge in [0.2, 0.25) is 0 Å². The van der Waals surface area contributed by atoms with E-state index in [0.717, 1.165) is 43.1 Å². The van der Waals surface area contributed by atoms with Gasteiger partial charge in [0.05, 0.1) is 18.7 Å². The van der Waals surface area contributed by atoms with Crippen molar-refractivity contribution in [1.29, 1.82) is 0 Å². The Morgan fingerprint density at radius 2 is 2.05 bits per heavy atom. The summed E-state index contributed by atoms with van der Waals surface area (Å²) in [6, 6.07) is 8.19. The Labute approximate surface area is 111 Å². The van der Waals surface area contributed by atoms with Crippen molar-refractivity contribution in [2.45, 2.75) is 18.9 Å². The highest BCUT2D eigenvalue weighted by atomic mass is 16.5. The van der Waals surface area contributed by atoms with E-state index in [4.69, 9.17) is 4.74 Å². The first-order valence-electron chi connectivity index (χ1n) is 6.52. The van der Waals surface area contributed by atoms with Crippen LogP contribution in [-0.4, -0.2) is 40.4 Å². The molecule has 1 aromatic heterocycles. The van der Waals surface area contributed by atoms with E-state index in [1.54, 1.807) is 7.11 Å². The molecule has 1 saturated heterocycles. The third-order valence-corrected chi connectivity index (χ3v) is 3.50. The smallest absolute Gasteiger partial charge is 0.186 e. The highest BCUT2D eigenvalue weighted by Crippen LogP contribution is 2.30. The number of nitrogens with zero attached hydrogens (tertiary/aromatic N) is 4. The van der Waals surface area contributed by atoms with Crippen LogP contribution in [0.2, 0.25) is 0 Å². The van der Waals surface area contributed by atoms with Gasteiger partial charge in [-0.2, -0.15) is 0 Å². The fourth-order valence-corrected chi connectivity index (χ4v) is 2.50. The number of piperidine rings is 1. The molecule has 1 aliphatic heterocycles. The molecule has 100 valence electrons. The summed E-state index contributed by atoms with van der Waals surface area (Å²) in [5.74, 6) is 1.58. The zero-order chi connectivity index (χ0) is 13.1. The minimum absolute atomic E-state index is 0.358. The van der Waals surface area contributed by atoms with E-state index in [1.165, 1.54) is 0 Å². The molecule has 0 aliphatic carbocycles. The number of tetrazole rings is 1. The Bertz CT molecular complexity index is 547. The third kappa shape index (κ3) is 2.31. The lowest BCUT2D eigenvalue weighted by Crippen LogP contribution is -2.30. The van der Waals surface area contributed by atoms with Gasteiger partial charge in [0, 0.05) is 0 Å². The number of para-hydroxylation sites is 1. The lowest BCUT2D eigenvalue weighted by molar-refractivity contribution is 0.339. The number of ether oxygens (including phenoxy) is 1. The predicted octanol–water partition coefficient (Wildman–Crippen LogP) is 1.27. The summed E-state index contributed by atoms with van der Waals surface area (Å²) < 4.78 is 7.32. The number of rotatable bonds is 3. The summed E-state index contributed by atoms with van der Waals surface area (Å²) in [6.07, 6.45) is 2.10. The Morgan fingerprint density at radius 3 is 2.84 bits per heavy atom. The molecule has 2 heterocycles. The molecule has 0 atom stereocenters. The van der Waals surface area contributed by atoms with Gasteiger partial charge in [0.1, 0.15) is 5.75 Å². The van der Waals surface area contributed by atoms with Gasteiger partial charge in [-0.1, -0.05) is 12.1 Å². The number of benzene rings is 1. The topological polar surface area (TPSA) is 64.9 Å². The van der Waals surface area contributed by atoms with E-state index >= 15 is 0 Å². The molecule has 1 fully saturated rings. The van der Waals surface area contributed by atoms with Crippen molar-refractivity contribution in [2.24, 2.45) is 0 Å². The Hall–Kier alpha value is -1.95. The Balaban J connectivity index is 1.99. The number of methoxy groups -OCH3 is 1. The molecular weight excluding hydrogens is 242 g/mol. The molecule has 1 aliphatic rings. The first kappa shape index (κ1) is 12.1. The molecule has 6 nitrogen and oxygen atoms in total. The zero-order valence-corrected chi connectivity index (χ0v) is 10.9. The second-order valence-electron chi connectivity index (χ2n) is 4.63. The van der Waals surface area contributed by atoms with Crippen LogP contribution in [0.25, 0.3) is 11.4 Å². The van der Waals surface area contributed by atoms with E-state index < -0.39 is 0 Å². The van der Waals surface area contributed by atoms with E-state index in [9.17, 15) is 0 Å². The van der Waals surface area contributed by atoms with Crippen molar-refractivity contribution >= 4 is 0 Å². The van der Waals surface area contributed by atoms with Crippen molar-refractivity contribution in [3.63, 3.8) is 0 Å². The predicted molar refractivity (Wildman–Crippen MR) is 70.9 cm³/mol. The largest absolute Gasteiger partial charge is 0.496 e. The van der Waals surface area contributed by atoms with E-state index in [1.807, 2.05) is 28.9 Å². The lowest BCUT2D eigenvalue weighted by Gasteiger charge is -2.23. The molecule has 0 unspecified atom stereocenters. The average molecular weight is 259 g/mol. The molecule has 19 heavy (non-hydrogen) atoms. The number of hydrogen-bond donors (Lipinski definition) is 1. The van der Waals surface area contributed by atoms with Crippen molar-refractivity contribution in [3.8, 4) is 17.1 Å². The van der Waals surface area contributed by atoms with Gasteiger partial charge in [0.15, 0.2) is 5.82 Å². The molecule has 1 aromatic carbocycles. The summed E-state index contributed by atoms with van der Waals surface area (Å²) in [7, 11) is 1.66. The maximum absolute atomic E-state index is 5.39. The fourth-order valence-electron chi connectivity index (χ4n) is 2.50. The maximum Gasteiger partial charge on any atom is 0.186 e. The average Bonchev–Trinajstić information content (AvgIpc) is 2.97. The van der Waals surface area contributed by atoms with Gasteiger partial charge in [0.25, 0.3) is 0 Å². The van der Waals surface area contributed by atoms with Gasteiger partial charge in [-0.25, -0.2) is 4.68 Å². The fraction of sp³-hybridized carbons (Fsp3) is 0.462. The summed E-state index contributed by atoms with van der Waals surface area (Å²) in [5, 5.41) is 15.5. The molecule has 0 saturated carbocycles. The number of hydrogen-bond acceptors (Lipinski definition) is 5. The molecule has 3 rings (SSSR count). The quantitative estimate of drug-likeness (QED) is 0.899. The summed E-state index contributed by atoms with van der Waals surface area (Å²) in [4.78, 5) is 0. The van der Waals surface area contributed by atoms with Crippen LogP contribution in [0.15, 0.2) is 24.3 Å². The van der Waals surface area contributed by atoms with Gasteiger partial charge in [-0.05, 0) is 48.5 Å². The maximum atomic E-state index is 5.39. The van der Waals surface area contributed by atoms with E-state index in [0.29, 0.717) is 6.04 Å². The van der Waals surface area contributed by atoms with Gasteiger partial charge in [-0.3, -0.25) is 0 Å². The van der Waals surface area contributed by atoms with Crippen LogP contribution in [0.3, 0.4) is 0 Å². The van der Waals surface area contributed by atoms with Crippen LogP contribution < -0.4 is 10.1 Å². The summed E-state index contributed by atoms with van der Waals surface area (Å²) in [6.45, 7) is 2.02.